The number of nitrogens with zero attached hydrogens (tertiary/aromatic N) is 4. The van der Waals surface area contributed by atoms with Crippen LogP contribution in [0.4, 0.5) is 0 Å². The largest absolute Gasteiger partial charge is 0.357 e. The molecule has 0 unspecified atom stereocenters. The zero-order valence-corrected chi connectivity index (χ0v) is 17.5. The molecule has 24 heavy (non-hydrogen) atoms. The molecule has 0 aliphatic rings. The summed E-state index contributed by atoms with van der Waals surface area (Å²) in [6.45, 7) is 9.22. The summed E-state index contributed by atoms with van der Waals surface area (Å²) in [5.74, 6) is 0.872. The highest BCUT2D eigenvalue weighted by Crippen LogP contribution is 1.97. The number of likely N-dealkylation sites (N-methyl/N-ethyl adjacent to an activating group) is 2. The van der Waals surface area contributed by atoms with Crippen LogP contribution < -0.4 is 5.32 Å². The topological polar surface area (TPSA) is 60.8 Å². The SMILES string of the molecule is CCNC(=NCCc1ccccn1)N(C)CC(=O)N(CC)CC.I. The fourth-order valence-electron chi connectivity index (χ4n) is 2.25. The number of carbonyl (C=O) groups is 1. The lowest BCUT2D eigenvalue weighted by molar-refractivity contribution is -0.131. The molecule has 0 fully saturated rings. The molecule has 0 saturated carbocycles. The quantitative estimate of drug-likeness (QED) is 0.376. The first-order chi connectivity index (χ1) is 11.1. The Labute approximate surface area is 162 Å². The summed E-state index contributed by atoms with van der Waals surface area (Å²) >= 11 is 0. The van der Waals surface area contributed by atoms with E-state index in [1.807, 2.05) is 55.8 Å². The van der Waals surface area contributed by atoms with Crippen LogP contribution in [0.2, 0.25) is 0 Å². The number of pyridine rings is 1. The van der Waals surface area contributed by atoms with Crippen LogP contribution in [0.3, 0.4) is 0 Å². The standard InChI is InChI=1S/C17H29N5O.HI/c1-5-18-17(20-13-11-15-10-8-9-12-19-15)21(4)14-16(23)22(6-2)7-3;/h8-10,12H,5-7,11,13-14H2,1-4H3,(H,18,20);1H. The fourth-order valence-corrected chi connectivity index (χ4v) is 2.25. The predicted molar refractivity (Wildman–Crippen MR) is 110 cm³/mol. The van der Waals surface area contributed by atoms with Gasteiger partial charge in [0.1, 0.15) is 0 Å². The van der Waals surface area contributed by atoms with Crippen molar-refractivity contribution in [1.29, 1.82) is 0 Å². The van der Waals surface area contributed by atoms with Crippen LogP contribution in [0, 0.1) is 0 Å². The number of nitrogens with one attached hydrogen (secondary N) is 1. The lowest BCUT2D eigenvalue weighted by atomic mass is 10.3. The van der Waals surface area contributed by atoms with Gasteiger partial charge in [-0.15, -0.1) is 24.0 Å². The summed E-state index contributed by atoms with van der Waals surface area (Å²) in [5.41, 5.74) is 1.02. The molecule has 0 radical (unpaired) electrons. The molecule has 0 saturated heterocycles. The zero-order chi connectivity index (χ0) is 17.1. The van der Waals surface area contributed by atoms with E-state index in [-0.39, 0.29) is 29.9 Å². The molecule has 0 aliphatic heterocycles. The van der Waals surface area contributed by atoms with Crippen LogP contribution in [-0.2, 0) is 11.2 Å². The molecular weight excluding hydrogens is 417 g/mol. The Bertz CT molecular complexity index is 491. The highest BCUT2D eigenvalue weighted by Gasteiger charge is 2.14. The molecule has 7 heteroatoms. The normalized spacial score (nSPS) is 10.8. The van der Waals surface area contributed by atoms with Crippen molar-refractivity contribution in [2.75, 3.05) is 39.8 Å². The number of hydrogen-bond donors (Lipinski definition) is 1. The smallest absolute Gasteiger partial charge is 0.242 e. The van der Waals surface area contributed by atoms with Gasteiger partial charge in [0.25, 0.3) is 0 Å². The van der Waals surface area contributed by atoms with Crippen molar-refractivity contribution < 1.29 is 4.79 Å². The third-order valence-corrected chi connectivity index (χ3v) is 3.54. The highest BCUT2D eigenvalue weighted by atomic mass is 127. The summed E-state index contributed by atoms with van der Waals surface area (Å²) in [6, 6.07) is 5.88. The average Bonchev–Trinajstić information content (AvgIpc) is 2.56. The first-order valence-corrected chi connectivity index (χ1v) is 8.29. The van der Waals surface area contributed by atoms with E-state index in [1.54, 1.807) is 6.20 Å². The summed E-state index contributed by atoms with van der Waals surface area (Å²) in [6.07, 6.45) is 2.58. The van der Waals surface area contributed by atoms with Crippen molar-refractivity contribution in [3.63, 3.8) is 0 Å². The fraction of sp³-hybridized carbons (Fsp3) is 0.588. The van der Waals surface area contributed by atoms with E-state index in [1.165, 1.54) is 0 Å². The molecule has 1 rings (SSSR count). The number of aliphatic imine (C=N–C) groups is 1. The third-order valence-electron chi connectivity index (χ3n) is 3.54. The number of hydrogen-bond acceptors (Lipinski definition) is 3. The number of guanidine groups is 1. The Morgan fingerprint density at radius 2 is 1.96 bits per heavy atom. The molecule has 0 bridgehead atoms. The Balaban J connectivity index is 0.00000529. The Morgan fingerprint density at radius 3 is 2.50 bits per heavy atom. The molecule has 0 aliphatic carbocycles. The van der Waals surface area contributed by atoms with E-state index in [0.29, 0.717) is 13.1 Å². The van der Waals surface area contributed by atoms with Gasteiger partial charge in [-0.25, -0.2) is 0 Å². The molecule has 1 heterocycles. The van der Waals surface area contributed by atoms with E-state index >= 15 is 0 Å². The average molecular weight is 447 g/mol. The van der Waals surface area contributed by atoms with E-state index < -0.39 is 0 Å². The Kier molecular flexibility index (Phi) is 12.2. The van der Waals surface area contributed by atoms with Gasteiger partial charge in [0.2, 0.25) is 5.91 Å². The van der Waals surface area contributed by atoms with Crippen molar-refractivity contribution in [3.8, 4) is 0 Å². The number of aromatic nitrogens is 1. The van der Waals surface area contributed by atoms with Crippen LogP contribution in [-0.4, -0.2) is 66.4 Å². The van der Waals surface area contributed by atoms with Crippen molar-refractivity contribution >= 4 is 35.8 Å². The van der Waals surface area contributed by atoms with Crippen LogP contribution in [0.15, 0.2) is 29.4 Å². The summed E-state index contributed by atoms with van der Waals surface area (Å²) in [4.78, 5) is 24.8. The summed E-state index contributed by atoms with van der Waals surface area (Å²) < 4.78 is 0. The highest BCUT2D eigenvalue weighted by molar-refractivity contribution is 14.0. The zero-order valence-electron chi connectivity index (χ0n) is 15.2. The van der Waals surface area contributed by atoms with Crippen molar-refractivity contribution in [2.24, 2.45) is 4.99 Å². The number of carbonyl (C=O) groups excluding carboxylic acids is 1. The molecule has 1 amide bonds. The van der Waals surface area contributed by atoms with Crippen LogP contribution >= 0.6 is 24.0 Å². The van der Waals surface area contributed by atoms with Gasteiger partial charge in [-0.2, -0.15) is 0 Å². The van der Waals surface area contributed by atoms with Gasteiger partial charge in [0.15, 0.2) is 5.96 Å². The van der Waals surface area contributed by atoms with E-state index in [9.17, 15) is 4.79 Å². The third kappa shape index (κ3) is 7.94. The minimum atomic E-state index is 0. The number of amides is 1. The first-order valence-electron chi connectivity index (χ1n) is 8.29. The summed E-state index contributed by atoms with van der Waals surface area (Å²) in [7, 11) is 1.89. The minimum Gasteiger partial charge on any atom is -0.357 e. The van der Waals surface area contributed by atoms with Gasteiger partial charge in [-0.05, 0) is 32.9 Å². The van der Waals surface area contributed by atoms with Crippen LogP contribution in [0.5, 0.6) is 0 Å². The predicted octanol–water partition coefficient (Wildman–Crippen LogP) is 2.01. The molecule has 0 aromatic carbocycles. The molecular formula is C17H30IN5O. The maximum Gasteiger partial charge on any atom is 0.242 e. The molecule has 136 valence electrons. The maximum absolute atomic E-state index is 12.2. The molecule has 1 aromatic rings. The molecule has 0 atom stereocenters. The molecule has 1 aromatic heterocycles. The van der Waals surface area contributed by atoms with Gasteiger partial charge >= 0.3 is 0 Å². The second-order valence-electron chi connectivity index (χ2n) is 5.23. The van der Waals surface area contributed by atoms with Gasteiger partial charge in [0.05, 0.1) is 6.54 Å². The van der Waals surface area contributed by atoms with Gasteiger partial charge in [-0.1, -0.05) is 6.07 Å². The van der Waals surface area contributed by atoms with E-state index in [2.05, 4.69) is 15.3 Å². The Hall–Kier alpha value is -1.38. The van der Waals surface area contributed by atoms with E-state index in [4.69, 9.17) is 0 Å². The lowest BCUT2D eigenvalue weighted by Crippen LogP contribution is -2.45. The van der Waals surface area contributed by atoms with Crippen LogP contribution in [0.1, 0.15) is 26.5 Å². The number of rotatable bonds is 8. The van der Waals surface area contributed by atoms with Crippen molar-refractivity contribution in [2.45, 2.75) is 27.2 Å². The first kappa shape index (κ1) is 22.6. The van der Waals surface area contributed by atoms with Crippen molar-refractivity contribution in [1.82, 2.24) is 20.1 Å². The minimum absolute atomic E-state index is 0. The second kappa shape index (κ2) is 13.0. The Morgan fingerprint density at radius 1 is 1.25 bits per heavy atom. The number of halogens is 1. The van der Waals surface area contributed by atoms with Gasteiger partial charge in [-0.3, -0.25) is 14.8 Å². The van der Waals surface area contributed by atoms with Gasteiger partial charge in [0, 0.05) is 51.5 Å². The van der Waals surface area contributed by atoms with Gasteiger partial charge < -0.3 is 15.1 Å². The second-order valence-corrected chi connectivity index (χ2v) is 5.23. The maximum atomic E-state index is 12.2. The monoisotopic (exact) mass is 447 g/mol. The van der Waals surface area contributed by atoms with E-state index in [0.717, 1.165) is 37.7 Å². The lowest BCUT2D eigenvalue weighted by Gasteiger charge is -2.25. The van der Waals surface area contributed by atoms with Crippen LogP contribution in [0.25, 0.3) is 0 Å². The summed E-state index contributed by atoms with van der Waals surface area (Å²) in [5, 5.41) is 3.23. The molecule has 0 spiro atoms. The molecule has 6 nitrogen and oxygen atoms in total. The van der Waals surface area contributed by atoms with Crippen molar-refractivity contribution in [3.05, 3.63) is 30.1 Å². The molecule has 1 N–H and O–H groups in total.